The molecule has 1 atom stereocenters. The number of nitriles is 1. The van der Waals surface area contributed by atoms with Crippen LogP contribution in [-0.4, -0.2) is 29.2 Å². The lowest BCUT2D eigenvalue weighted by Crippen LogP contribution is -2.31. The smallest absolute Gasteiger partial charge is 0.305 e. The second-order valence-corrected chi connectivity index (χ2v) is 4.59. The van der Waals surface area contributed by atoms with Crippen molar-refractivity contribution in [3.63, 3.8) is 0 Å². The zero-order valence-electron chi connectivity index (χ0n) is 11.8. The van der Waals surface area contributed by atoms with Crippen molar-refractivity contribution in [3.8, 4) is 6.07 Å². The molecule has 108 valence electrons. The standard InChI is InChI=1S/C13H18N4O3/c1-4-20-8-11(9(2)3)16-13-6-5-12(17(18)19)10(7-14)15-13/h5-6,9,11H,4,8H2,1-3H3,(H,15,16). The highest BCUT2D eigenvalue weighted by Gasteiger charge is 2.18. The van der Waals surface area contributed by atoms with Crippen molar-refractivity contribution in [2.45, 2.75) is 26.8 Å². The van der Waals surface area contributed by atoms with Gasteiger partial charge >= 0.3 is 5.69 Å². The van der Waals surface area contributed by atoms with Crippen molar-refractivity contribution in [1.82, 2.24) is 4.98 Å². The fraction of sp³-hybridized carbons (Fsp3) is 0.538. The Morgan fingerprint density at radius 1 is 1.55 bits per heavy atom. The molecular formula is C13H18N4O3. The third-order valence-corrected chi connectivity index (χ3v) is 2.82. The highest BCUT2D eigenvalue weighted by Crippen LogP contribution is 2.19. The number of nitro groups is 1. The Bertz CT molecular complexity index is 511. The maximum absolute atomic E-state index is 10.7. The maximum atomic E-state index is 10.7. The van der Waals surface area contributed by atoms with E-state index in [9.17, 15) is 10.1 Å². The van der Waals surface area contributed by atoms with Crippen molar-refractivity contribution in [3.05, 3.63) is 27.9 Å². The summed E-state index contributed by atoms with van der Waals surface area (Å²) in [5.41, 5.74) is -0.483. The van der Waals surface area contributed by atoms with Crippen LogP contribution in [0, 0.1) is 27.4 Å². The van der Waals surface area contributed by atoms with E-state index in [1.54, 1.807) is 6.07 Å². The summed E-state index contributed by atoms with van der Waals surface area (Å²) in [4.78, 5) is 14.1. The van der Waals surface area contributed by atoms with Crippen LogP contribution in [0.2, 0.25) is 0 Å². The second-order valence-electron chi connectivity index (χ2n) is 4.59. The zero-order valence-corrected chi connectivity index (χ0v) is 11.8. The molecule has 1 N–H and O–H groups in total. The van der Waals surface area contributed by atoms with Gasteiger partial charge in [-0.2, -0.15) is 5.26 Å². The summed E-state index contributed by atoms with van der Waals surface area (Å²) in [6.45, 7) is 7.10. The number of aromatic nitrogens is 1. The van der Waals surface area contributed by atoms with E-state index < -0.39 is 4.92 Å². The van der Waals surface area contributed by atoms with Gasteiger partial charge in [-0.3, -0.25) is 10.1 Å². The van der Waals surface area contributed by atoms with E-state index in [2.05, 4.69) is 10.3 Å². The first-order chi connectivity index (χ1) is 9.49. The van der Waals surface area contributed by atoms with E-state index in [0.717, 1.165) is 0 Å². The molecule has 0 aliphatic carbocycles. The van der Waals surface area contributed by atoms with Crippen LogP contribution in [-0.2, 0) is 4.74 Å². The second kappa shape index (κ2) is 7.40. The molecule has 0 fully saturated rings. The highest BCUT2D eigenvalue weighted by atomic mass is 16.6. The number of nitrogens with zero attached hydrogens (tertiary/aromatic N) is 3. The predicted octanol–water partition coefficient (Wildman–Crippen LogP) is 2.33. The molecule has 1 unspecified atom stereocenters. The molecule has 0 radical (unpaired) electrons. The Morgan fingerprint density at radius 2 is 2.25 bits per heavy atom. The summed E-state index contributed by atoms with van der Waals surface area (Å²) < 4.78 is 5.38. The molecule has 7 heteroatoms. The maximum Gasteiger partial charge on any atom is 0.305 e. The summed E-state index contributed by atoms with van der Waals surface area (Å²) >= 11 is 0. The van der Waals surface area contributed by atoms with Gasteiger partial charge in [-0.15, -0.1) is 0 Å². The molecule has 1 aromatic heterocycles. The monoisotopic (exact) mass is 278 g/mol. The molecular weight excluding hydrogens is 260 g/mol. The summed E-state index contributed by atoms with van der Waals surface area (Å²) in [5, 5.41) is 22.8. The number of anilines is 1. The highest BCUT2D eigenvalue weighted by molar-refractivity contribution is 5.50. The average Bonchev–Trinajstić information content (AvgIpc) is 2.42. The number of hydrogen-bond donors (Lipinski definition) is 1. The number of hydrogen-bond acceptors (Lipinski definition) is 6. The number of ether oxygens (including phenoxy) is 1. The molecule has 20 heavy (non-hydrogen) atoms. The van der Waals surface area contributed by atoms with Gasteiger partial charge in [0, 0.05) is 12.7 Å². The molecule has 1 rings (SSSR count). The molecule has 1 aromatic rings. The molecule has 0 bridgehead atoms. The van der Waals surface area contributed by atoms with Crippen LogP contribution >= 0.6 is 0 Å². The Labute approximate surface area is 117 Å². The first-order valence-corrected chi connectivity index (χ1v) is 6.39. The van der Waals surface area contributed by atoms with Crippen LogP contribution in [0.25, 0.3) is 0 Å². The number of nitrogens with one attached hydrogen (secondary N) is 1. The van der Waals surface area contributed by atoms with Gasteiger partial charge in [-0.1, -0.05) is 13.8 Å². The van der Waals surface area contributed by atoms with Crippen LogP contribution in [0.3, 0.4) is 0 Å². The Kier molecular flexibility index (Phi) is 5.87. The van der Waals surface area contributed by atoms with Crippen LogP contribution in [0.4, 0.5) is 11.5 Å². The molecule has 1 heterocycles. The molecule has 0 aliphatic rings. The van der Waals surface area contributed by atoms with Crippen molar-refractivity contribution in [1.29, 1.82) is 5.26 Å². The van der Waals surface area contributed by atoms with Gasteiger partial charge in [0.05, 0.1) is 17.6 Å². The first-order valence-electron chi connectivity index (χ1n) is 6.39. The van der Waals surface area contributed by atoms with Crippen LogP contribution in [0.15, 0.2) is 12.1 Å². The van der Waals surface area contributed by atoms with Gasteiger partial charge in [-0.25, -0.2) is 4.98 Å². The predicted molar refractivity (Wildman–Crippen MR) is 74.3 cm³/mol. The van der Waals surface area contributed by atoms with Gasteiger partial charge in [0.15, 0.2) is 0 Å². The molecule has 0 amide bonds. The molecule has 0 saturated carbocycles. The van der Waals surface area contributed by atoms with Crippen molar-refractivity contribution < 1.29 is 9.66 Å². The van der Waals surface area contributed by atoms with Gasteiger partial charge in [0.2, 0.25) is 5.69 Å². The Balaban J connectivity index is 2.91. The zero-order chi connectivity index (χ0) is 15.1. The van der Waals surface area contributed by atoms with E-state index in [0.29, 0.717) is 24.9 Å². The third kappa shape index (κ3) is 4.17. The van der Waals surface area contributed by atoms with Crippen molar-refractivity contribution >= 4 is 11.5 Å². The molecule has 0 aliphatic heterocycles. The Hall–Kier alpha value is -2.20. The van der Waals surface area contributed by atoms with Crippen molar-refractivity contribution in [2.24, 2.45) is 5.92 Å². The van der Waals surface area contributed by atoms with E-state index in [-0.39, 0.29) is 17.4 Å². The summed E-state index contributed by atoms with van der Waals surface area (Å²) in [7, 11) is 0. The SMILES string of the molecule is CCOCC(Nc1ccc([N+](=O)[O-])c(C#N)n1)C(C)C. The van der Waals surface area contributed by atoms with Gasteiger partial charge in [0.25, 0.3) is 0 Å². The summed E-state index contributed by atoms with van der Waals surface area (Å²) in [5.74, 6) is 0.731. The van der Waals surface area contributed by atoms with E-state index in [1.807, 2.05) is 20.8 Å². The fourth-order valence-corrected chi connectivity index (χ4v) is 1.60. The summed E-state index contributed by atoms with van der Waals surface area (Å²) in [6, 6.07) is 4.55. The lowest BCUT2D eigenvalue weighted by Gasteiger charge is -2.22. The Morgan fingerprint density at radius 3 is 2.75 bits per heavy atom. The van der Waals surface area contributed by atoms with Crippen LogP contribution < -0.4 is 5.32 Å². The normalized spacial score (nSPS) is 11.9. The number of rotatable bonds is 7. The van der Waals surface area contributed by atoms with E-state index in [4.69, 9.17) is 10.00 Å². The lowest BCUT2D eigenvalue weighted by molar-refractivity contribution is -0.385. The summed E-state index contributed by atoms with van der Waals surface area (Å²) in [6.07, 6.45) is 0. The van der Waals surface area contributed by atoms with E-state index in [1.165, 1.54) is 12.1 Å². The van der Waals surface area contributed by atoms with Gasteiger partial charge in [-0.05, 0) is 18.9 Å². The minimum Gasteiger partial charge on any atom is -0.380 e. The van der Waals surface area contributed by atoms with Crippen molar-refractivity contribution in [2.75, 3.05) is 18.5 Å². The topological polar surface area (TPSA) is 101 Å². The first kappa shape index (κ1) is 15.9. The fourth-order valence-electron chi connectivity index (χ4n) is 1.60. The van der Waals surface area contributed by atoms with Gasteiger partial charge in [0.1, 0.15) is 11.9 Å². The van der Waals surface area contributed by atoms with Crippen LogP contribution in [0.5, 0.6) is 0 Å². The van der Waals surface area contributed by atoms with E-state index >= 15 is 0 Å². The minimum atomic E-state index is -0.616. The molecule has 0 saturated heterocycles. The minimum absolute atomic E-state index is 0.0236. The van der Waals surface area contributed by atoms with Gasteiger partial charge < -0.3 is 10.1 Å². The lowest BCUT2D eigenvalue weighted by atomic mass is 10.1. The molecule has 0 aromatic carbocycles. The number of pyridine rings is 1. The largest absolute Gasteiger partial charge is 0.380 e. The van der Waals surface area contributed by atoms with Crippen LogP contribution in [0.1, 0.15) is 26.5 Å². The third-order valence-electron chi connectivity index (χ3n) is 2.82. The average molecular weight is 278 g/mol. The molecule has 7 nitrogen and oxygen atoms in total. The quantitative estimate of drug-likeness (QED) is 0.606. The molecule has 0 spiro atoms.